The van der Waals surface area contributed by atoms with E-state index in [9.17, 15) is 14.9 Å². The maximum Gasteiger partial charge on any atom is 0.269 e. The van der Waals surface area contributed by atoms with E-state index in [0.717, 1.165) is 0 Å². The van der Waals surface area contributed by atoms with Gasteiger partial charge in [-0.3, -0.25) is 14.9 Å². The van der Waals surface area contributed by atoms with Gasteiger partial charge in [-0.15, -0.1) is 0 Å². The summed E-state index contributed by atoms with van der Waals surface area (Å²) in [6, 6.07) is 9.01. The van der Waals surface area contributed by atoms with Crippen LogP contribution in [0.25, 0.3) is 6.08 Å². The zero-order chi connectivity index (χ0) is 18.4. The van der Waals surface area contributed by atoms with E-state index < -0.39 is 4.92 Å². The summed E-state index contributed by atoms with van der Waals surface area (Å²) in [7, 11) is 4.42. The van der Waals surface area contributed by atoms with Crippen LogP contribution in [0.4, 0.5) is 5.69 Å². The molecule has 7 nitrogen and oxygen atoms in total. The number of nitro groups is 1. The fourth-order valence-electron chi connectivity index (χ4n) is 2.20. The molecule has 0 amide bonds. The minimum atomic E-state index is -0.478. The van der Waals surface area contributed by atoms with Crippen molar-refractivity contribution in [3.8, 4) is 17.2 Å². The van der Waals surface area contributed by atoms with Crippen molar-refractivity contribution in [3.05, 3.63) is 63.7 Å². The van der Waals surface area contributed by atoms with Gasteiger partial charge in [0.2, 0.25) is 5.75 Å². The largest absolute Gasteiger partial charge is 0.493 e. The summed E-state index contributed by atoms with van der Waals surface area (Å²) >= 11 is 0. The van der Waals surface area contributed by atoms with Crippen molar-refractivity contribution in [3.63, 3.8) is 0 Å². The summed E-state index contributed by atoms with van der Waals surface area (Å²) in [5.41, 5.74) is 1.03. The Morgan fingerprint density at radius 1 is 1.00 bits per heavy atom. The van der Waals surface area contributed by atoms with E-state index in [1.54, 1.807) is 30.3 Å². The van der Waals surface area contributed by atoms with Crippen LogP contribution >= 0.6 is 0 Å². The van der Waals surface area contributed by atoms with E-state index >= 15 is 0 Å². The van der Waals surface area contributed by atoms with Gasteiger partial charge in [-0.1, -0.05) is 6.08 Å². The summed E-state index contributed by atoms with van der Waals surface area (Å²) in [5.74, 6) is 0.904. The maximum absolute atomic E-state index is 12.4. The molecule has 0 bridgehead atoms. The predicted octanol–water partition coefficient (Wildman–Crippen LogP) is 3.52. The van der Waals surface area contributed by atoms with Crippen LogP contribution in [0.2, 0.25) is 0 Å². The second kappa shape index (κ2) is 7.96. The van der Waals surface area contributed by atoms with Crippen molar-refractivity contribution in [2.24, 2.45) is 0 Å². The first-order valence-corrected chi connectivity index (χ1v) is 7.27. The van der Waals surface area contributed by atoms with E-state index in [1.807, 2.05) is 0 Å². The molecule has 0 aromatic heterocycles. The van der Waals surface area contributed by atoms with E-state index in [0.29, 0.717) is 28.4 Å². The van der Waals surface area contributed by atoms with Gasteiger partial charge >= 0.3 is 0 Å². The third kappa shape index (κ3) is 4.14. The van der Waals surface area contributed by atoms with Gasteiger partial charge in [0.25, 0.3) is 5.69 Å². The second-order valence-corrected chi connectivity index (χ2v) is 4.96. The lowest BCUT2D eigenvalue weighted by molar-refractivity contribution is -0.384. The van der Waals surface area contributed by atoms with E-state index in [1.165, 1.54) is 39.5 Å². The van der Waals surface area contributed by atoms with Crippen LogP contribution in [-0.4, -0.2) is 32.0 Å². The Labute approximate surface area is 144 Å². The fourth-order valence-corrected chi connectivity index (χ4v) is 2.20. The lowest BCUT2D eigenvalue weighted by Crippen LogP contribution is -2.00. The van der Waals surface area contributed by atoms with Crippen molar-refractivity contribution >= 4 is 17.5 Å². The molecule has 2 rings (SSSR count). The van der Waals surface area contributed by atoms with Gasteiger partial charge in [-0.2, -0.15) is 0 Å². The number of nitrogens with zero attached hydrogens (tertiary/aromatic N) is 1. The third-order valence-corrected chi connectivity index (χ3v) is 3.48. The highest BCUT2D eigenvalue weighted by atomic mass is 16.6. The monoisotopic (exact) mass is 343 g/mol. The quantitative estimate of drug-likeness (QED) is 0.331. The molecule has 0 saturated carbocycles. The number of nitro benzene ring substituents is 1. The Morgan fingerprint density at radius 2 is 1.56 bits per heavy atom. The van der Waals surface area contributed by atoms with Gasteiger partial charge in [0.05, 0.1) is 26.3 Å². The summed E-state index contributed by atoms with van der Waals surface area (Å²) < 4.78 is 15.7. The van der Waals surface area contributed by atoms with E-state index in [-0.39, 0.29) is 11.5 Å². The summed E-state index contributed by atoms with van der Waals surface area (Å²) in [4.78, 5) is 22.5. The minimum absolute atomic E-state index is 0.00639. The zero-order valence-corrected chi connectivity index (χ0v) is 14.0. The van der Waals surface area contributed by atoms with Crippen molar-refractivity contribution in [1.29, 1.82) is 0 Å². The number of non-ortho nitro benzene ring substituents is 1. The van der Waals surface area contributed by atoms with Gasteiger partial charge in [0.1, 0.15) is 0 Å². The molecule has 2 aromatic rings. The van der Waals surface area contributed by atoms with Crippen molar-refractivity contribution < 1.29 is 23.9 Å². The Balaban J connectivity index is 2.26. The molecule has 0 atom stereocenters. The molecule has 0 spiro atoms. The fraction of sp³-hybridized carbons (Fsp3) is 0.167. The molecule has 0 aliphatic rings. The number of carbonyl (C=O) groups is 1. The van der Waals surface area contributed by atoms with Crippen LogP contribution in [0, 0.1) is 10.1 Å². The highest BCUT2D eigenvalue weighted by Crippen LogP contribution is 2.38. The number of rotatable bonds is 7. The first-order valence-electron chi connectivity index (χ1n) is 7.27. The first kappa shape index (κ1) is 18.0. The highest BCUT2D eigenvalue weighted by Gasteiger charge is 2.15. The zero-order valence-electron chi connectivity index (χ0n) is 14.0. The molecule has 0 fully saturated rings. The lowest BCUT2D eigenvalue weighted by Gasteiger charge is -2.13. The van der Waals surface area contributed by atoms with Gasteiger partial charge in [0.15, 0.2) is 17.3 Å². The topological polar surface area (TPSA) is 87.9 Å². The van der Waals surface area contributed by atoms with Crippen LogP contribution in [0.1, 0.15) is 15.9 Å². The molecule has 130 valence electrons. The van der Waals surface area contributed by atoms with Crippen LogP contribution in [0.15, 0.2) is 42.5 Å². The van der Waals surface area contributed by atoms with Crippen molar-refractivity contribution in [1.82, 2.24) is 0 Å². The maximum atomic E-state index is 12.4. The standard InChI is InChI=1S/C18H17NO6/c1-23-16-10-13(11-17(24-2)18(16)25-3)15(20)9-6-12-4-7-14(8-5-12)19(21)22/h4-11H,1-3H3/b9-6+. The molecule has 0 N–H and O–H groups in total. The number of ether oxygens (including phenoxy) is 3. The molecule has 0 radical (unpaired) electrons. The molecule has 2 aromatic carbocycles. The summed E-state index contributed by atoms with van der Waals surface area (Å²) in [5, 5.41) is 10.6. The molecule has 0 unspecified atom stereocenters. The molecule has 0 aliphatic carbocycles. The Bertz CT molecular complexity index is 786. The molecule has 0 saturated heterocycles. The van der Waals surface area contributed by atoms with Crippen LogP contribution in [0.3, 0.4) is 0 Å². The number of carbonyl (C=O) groups excluding carboxylic acids is 1. The highest BCUT2D eigenvalue weighted by molar-refractivity contribution is 6.07. The Hall–Kier alpha value is -3.35. The smallest absolute Gasteiger partial charge is 0.269 e. The predicted molar refractivity (Wildman–Crippen MR) is 92.6 cm³/mol. The third-order valence-electron chi connectivity index (χ3n) is 3.48. The van der Waals surface area contributed by atoms with Gasteiger partial charge in [0, 0.05) is 17.7 Å². The number of ketones is 1. The van der Waals surface area contributed by atoms with Gasteiger partial charge in [-0.25, -0.2) is 0 Å². The summed E-state index contributed by atoms with van der Waals surface area (Å²) in [6.07, 6.45) is 2.96. The number of allylic oxidation sites excluding steroid dienone is 1. The Morgan fingerprint density at radius 3 is 2.00 bits per heavy atom. The van der Waals surface area contributed by atoms with E-state index in [2.05, 4.69) is 0 Å². The first-order chi connectivity index (χ1) is 12.0. The van der Waals surface area contributed by atoms with Crippen LogP contribution < -0.4 is 14.2 Å². The molecule has 0 aliphatic heterocycles. The van der Waals surface area contributed by atoms with Gasteiger partial charge in [-0.05, 0) is 35.9 Å². The molecular formula is C18H17NO6. The minimum Gasteiger partial charge on any atom is -0.493 e. The molecule has 25 heavy (non-hydrogen) atoms. The molecule has 7 heteroatoms. The normalized spacial score (nSPS) is 10.5. The van der Waals surface area contributed by atoms with Gasteiger partial charge < -0.3 is 14.2 Å². The van der Waals surface area contributed by atoms with Crippen LogP contribution in [-0.2, 0) is 0 Å². The number of hydrogen-bond donors (Lipinski definition) is 0. The lowest BCUT2D eigenvalue weighted by atomic mass is 10.1. The number of hydrogen-bond acceptors (Lipinski definition) is 6. The average molecular weight is 343 g/mol. The van der Waals surface area contributed by atoms with E-state index in [4.69, 9.17) is 14.2 Å². The SMILES string of the molecule is COc1cc(C(=O)/C=C/c2ccc([N+](=O)[O-])cc2)cc(OC)c1OC. The number of methoxy groups -OCH3 is 3. The average Bonchev–Trinajstić information content (AvgIpc) is 2.64. The Kier molecular flexibility index (Phi) is 5.73. The summed E-state index contributed by atoms with van der Waals surface area (Å²) in [6.45, 7) is 0. The number of benzene rings is 2. The molecule has 0 heterocycles. The second-order valence-electron chi connectivity index (χ2n) is 4.96. The van der Waals surface area contributed by atoms with Crippen molar-refractivity contribution in [2.75, 3.05) is 21.3 Å². The van der Waals surface area contributed by atoms with Crippen LogP contribution in [0.5, 0.6) is 17.2 Å². The van der Waals surface area contributed by atoms with Crippen molar-refractivity contribution in [2.45, 2.75) is 0 Å². The molecular weight excluding hydrogens is 326 g/mol.